The molecule has 0 heterocycles. The molecule has 0 aromatic heterocycles. The molecule has 0 radical (unpaired) electrons. The van der Waals surface area contributed by atoms with Gasteiger partial charge in [0.2, 0.25) is 0 Å². The standard InChI is InChI=1S/C8H17NOS/c1-7(2)6-9-11(10)8(3,4)5/h6-7H,1-5H3/b9-6+/t11-/m0/s1. The van der Waals surface area contributed by atoms with Crippen LogP contribution >= 0.6 is 0 Å². The quantitative estimate of drug-likeness (QED) is 0.468. The van der Waals surface area contributed by atoms with Crippen LogP contribution in [0.4, 0.5) is 0 Å². The molecule has 0 aromatic rings. The zero-order chi connectivity index (χ0) is 9.07. The first-order chi connectivity index (χ1) is 4.84. The maximum Gasteiger partial charge on any atom is 0.144 e. The lowest BCUT2D eigenvalue weighted by molar-refractivity contribution is 0.561. The van der Waals surface area contributed by atoms with Crippen molar-refractivity contribution in [2.24, 2.45) is 10.3 Å². The van der Waals surface area contributed by atoms with Crippen molar-refractivity contribution in [3.05, 3.63) is 0 Å². The molecule has 0 N–H and O–H groups in total. The van der Waals surface area contributed by atoms with E-state index in [1.807, 2.05) is 34.6 Å². The predicted octanol–water partition coefficient (Wildman–Crippen LogP) is 2.18. The fourth-order valence-corrected chi connectivity index (χ4v) is 1.01. The number of rotatable bonds is 2. The van der Waals surface area contributed by atoms with Crippen molar-refractivity contribution in [1.82, 2.24) is 0 Å². The minimum Gasteiger partial charge on any atom is -0.591 e. The topological polar surface area (TPSA) is 35.4 Å². The summed E-state index contributed by atoms with van der Waals surface area (Å²) in [5, 5.41) is 0. The normalized spacial score (nSPS) is 16.3. The summed E-state index contributed by atoms with van der Waals surface area (Å²) in [5.74, 6) is 0.376. The van der Waals surface area contributed by atoms with Gasteiger partial charge in [0.1, 0.15) is 16.1 Å². The molecule has 3 heteroatoms. The maximum atomic E-state index is 11.3. The smallest absolute Gasteiger partial charge is 0.144 e. The molecule has 66 valence electrons. The molecule has 0 fully saturated rings. The van der Waals surface area contributed by atoms with Gasteiger partial charge in [-0.1, -0.05) is 18.2 Å². The van der Waals surface area contributed by atoms with Gasteiger partial charge >= 0.3 is 0 Å². The van der Waals surface area contributed by atoms with Crippen molar-refractivity contribution in [3.63, 3.8) is 0 Å². The lowest BCUT2D eigenvalue weighted by atomic mass is 10.3. The second-order valence-electron chi connectivity index (χ2n) is 3.86. The molecule has 0 bridgehead atoms. The molecule has 0 unspecified atom stereocenters. The molecule has 0 spiro atoms. The monoisotopic (exact) mass is 175 g/mol. The first kappa shape index (κ1) is 11.0. The zero-order valence-corrected chi connectivity index (χ0v) is 8.73. The lowest BCUT2D eigenvalue weighted by Crippen LogP contribution is -2.26. The van der Waals surface area contributed by atoms with Crippen LogP contribution in [0.3, 0.4) is 0 Å². The van der Waals surface area contributed by atoms with E-state index in [4.69, 9.17) is 0 Å². The molecule has 0 amide bonds. The fraction of sp³-hybridized carbons (Fsp3) is 0.875. The molecule has 0 aliphatic heterocycles. The SMILES string of the molecule is CC(C)/C=N/[S@@+]([O-])C(C)(C)C. The predicted molar refractivity (Wildman–Crippen MR) is 51.2 cm³/mol. The Morgan fingerprint density at radius 2 is 1.82 bits per heavy atom. The highest BCUT2D eigenvalue weighted by Gasteiger charge is 2.25. The summed E-state index contributed by atoms with van der Waals surface area (Å²) < 4.78 is 15.0. The van der Waals surface area contributed by atoms with Crippen molar-refractivity contribution in [2.45, 2.75) is 39.4 Å². The van der Waals surface area contributed by atoms with E-state index in [9.17, 15) is 4.55 Å². The van der Waals surface area contributed by atoms with Crippen molar-refractivity contribution in [1.29, 1.82) is 0 Å². The van der Waals surface area contributed by atoms with E-state index < -0.39 is 11.4 Å². The van der Waals surface area contributed by atoms with Crippen LogP contribution in [0.5, 0.6) is 0 Å². The third-order valence-electron chi connectivity index (χ3n) is 0.979. The Labute approximate surface area is 72.4 Å². The minimum absolute atomic E-state index is 0.231. The van der Waals surface area contributed by atoms with Gasteiger partial charge < -0.3 is 4.55 Å². The van der Waals surface area contributed by atoms with Crippen LogP contribution < -0.4 is 0 Å². The fourth-order valence-electron chi connectivity index (χ4n) is 0.335. The lowest BCUT2D eigenvalue weighted by Gasteiger charge is -2.17. The molecular weight excluding hydrogens is 158 g/mol. The molecule has 0 aromatic carbocycles. The molecule has 0 saturated carbocycles. The van der Waals surface area contributed by atoms with Crippen LogP contribution in [0.15, 0.2) is 4.40 Å². The molecule has 0 rings (SSSR count). The Bertz CT molecular complexity index is 138. The van der Waals surface area contributed by atoms with E-state index in [0.717, 1.165) is 0 Å². The Kier molecular flexibility index (Phi) is 4.11. The first-order valence-electron chi connectivity index (χ1n) is 3.80. The maximum absolute atomic E-state index is 11.3. The highest BCUT2D eigenvalue weighted by Crippen LogP contribution is 2.16. The summed E-state index contributed by atoms with van der Waals surface area (Å²) in [5.41, 5.74) is 0. The summed E-state index contributed by atoms with van der Waals surface area (Å²) >= 11 is -1.09. The van der Waals surface area contributed by atoms with Gasteiger partial charge in [-0.25, -0.2) is 0 Å². The number of hydrogen-bond acceptors (Lipinski definition) is 2. The second-order valence-corrected chi connectivity index (χ2v) is 5.79. The Morgan fingerprint density at radius 3 is 2.09 bits per heavy atom. The van der Waals surface area contributed by atoms with Crippen LogP contribution in [-0.2, 0) is 11.4 Å². The molecule has 1 atom stereocenters. The molecule has 2 nitrogen and oxygen atoms in total. The van der Waals surface area contributed by atoms with E-state index in [-0.39, 0.29) is 4.75 Å². The van der Waals surface area contributed by atoms with Crippen molar-refractivity contribution >= 4 is 17.6 Å². The van der Waals surface area contributed by atoms with Gasteiger partial charge in [-0.3, -0.25) is 0 Å². The summed E-state index contributed by atoms with van der Waals surface area (Å²) in [6.07, 6.45) is 1.74. The van der Waals surface area contributed by atoms with Gasteiger partial charge in [-0.05, 0) is 26.7 Å². The molecular formula is C8H17NOS. The molecule has 0 aliphatic carbocycles. The molecule has 0 aliphatic rings. The summed E-state index contributed by atoms with van der Waals surface area (Å²) in [4.78, 5) is 0. The summed E-state index contributed by atoms with van der Waals surface area (Å²) in [7, 11) is 0. The molecule has 11 heavy (non-hydrogen) atoms. The van der Waals surface area contributed by atoms with Gasteiger partial charge in [0.05, 0.1) is 6.21 Å². The minimum atomic E-state index is -1.09. The van der Waals surface area contributed by atoms with Crippen LogP contribution in [0.1, 0.15) is 34.6 Å². The molecule has 0 saturated heterocycles. The van der Waals surface area contributed by atoms with E-state index in [0.29, 0.717) is 5.92 Å². The van der Waals surface area contributed by atoms with Gasteiger partial charge in [0.15, 0.2) is 0 Å². The van der Waals surface area contributed by atoms with Crippen molar-refractivity contribution in [3.8, 4) is 0 Å². The van der Waals surface area contributed by atoms with Gasteiger partial charge in [-0.2, -0.15) is 0 Å². The van der Waals surface area contributed by atoms with E-state index >= 15 is 0 Å². The van der Waals surface area contributed by atoms with Gasteiger partial charge in [0.25, 0.3) is 0 Å². The van der Waals surface area contributed by atoms with Crippen LogP contribution in [0.25, 0.3) is 0 Å². The van der Waals surface area contributed by atoms with Crippen LogP contribution in [-0.4, -0.2) is 15.5 Å². The van der Waals surface area contributed by atoms with E-state index in [1.165, 1.54) is 0 Å². The van der Waals surface area contributed by atoms with Gasteiger partial charge in [0, 0.05) is 0 Å². The van der Waals surface area contributed by atoms with Crippen molar-refractivity contribution < 1.29 is 4.55 Å². The van der Waals surface area contributed by atoms with Gasteiger partial charge in [-0.15, -0.1) is 0 Å². The number of hydrogen-bond donors (Lipinski definition) is 0. The summed E-state index contributed by atoms with van der Waals surface area (Å²) in [6, 6.07) is 0. The van der Waals surface area contributed by atoms with E-state index in [2.05, 4.69) is 4.40 Å². The second kappa shape index (κ2) is 4.12. The average molecular weight is 175 g/mol. The van der Waals surface area contributed by atoms with Crippen molar-refractivity contribution in [2.75, 3.05) is 0 Å². The first-order valence-corrected chi connectivity index (χ1v) is 4.91. The zero-order valence-electron chi connectivity index (χ0n) is 7.92. The third kappa shape index (κ3) is 5.27. The van der Waals surface area contributed by atoms with Crippen LogP contribution in [0.2, 0.25) is 0 Å². The Morgan fingerprint density at radius 1 is 1.36 bits per heavy atom. The highest BCUT2D eigenvalue weighted by molar-refractivity contribution is 7.91. The third-order valence-corrected chi connectivity index (χ3v) is 2.34. The number of nitrogens with zero attached hydrogens (tertiary/aromatic N) is 1. The largest absolute Gasteiger partial charge is 0.591 e. The average Bonchev–Trinajstić information content (AvgIpc) is 1.80. The Balaban J connectivity index is 3.97. The van der Waals surface area contributed by atoms with E-state index in [1.54, 1.807) is 6.21 Å². The Hall–Kier alpha value is -0.0200. The summed E-state index contributed by atoms with van der Waals surface area (Å²) in [6.45, 7) is 9.79. The van der Waals surface area contributed by atoms with Crippen LogP contribution in [0, 0.1) is 5.92 Å². The highest BCUT2D eigenvalue weighted by atomic mass is 32.2.